The first-order chi connectivity index (χ1) is 6.18. The molecule has 2 bridgehead atoms. The van der Waals surface area contributed by atoms with Gasteiger partial charge in [0.05, 0.1) is 0 Å². The minimum atomic E-state index is 0.385. The fourth-order valence-electron chi connectivity index (χ4n) is 3.10. The van der Waals surface area contributed by atoms with Gasteiger partial charge in [-0.2, -0.15) is 0 Å². The topological polar surface area (TPSA) is 26.0 Å². The largest absolute Gasteiger partial charge is 0.328 e. The van der Waals surface area contributed by atoms with Crippen LogP contribution in [0.4, 0.5) is 0 Å². The molecule has 5 atom stereocenters. The Balaban J connectivity index is 1.90. The fourth-order valence-corrected chi connectivity index (χ4v) is 3.10. The predicted octanol–water partition coefficient (Wildman–Crippen LogP) is 2.57. The number of fused-ring (bicyclic) bond motifs is 2. The van der Waals surface area contributed by atoms with Crippen LogP contribution in [0.15, 0.2) is 12.2 Å². The van der Waals surface area contributed by atoms with Crippen LogP contribution in [-0.4, -0.2) is 6.04 Å². The summed E-state index contributed by atoms with van der Waals surface area (Å²) < 4.78 is 0. The molecule has 0 aromatic rings. The highest BCUT2D eigenvalue weighted by atomic mass is 14.6. The molecular weight excluding hydrogens is 158 g/mol. The van der Waals surface area contributed by atoms with Gasteiger partial charge in [-0.25, -0.2) is 0 Å². The normalized spacial score (nSPS) is 44.2. The molecule has 0 saturated heterocycles. The average molecular weight is 179 g/mol. The molecule has 0 amide bonds. The second-order valence-electron chi connectivity index (χ2n) is 5.03. The Morgan fingerprint density at radius 3 is 2.62 bits per heavy atom. The van der Waals surface area contributed by atoms with Gasteiger partial charge in [0.1, 0.15) is 0 Å². The Morgan fingerprint density at radius 2 is 2.08 bits per heavy atom. The molecule has 74 valence electrons. The molecule has 1 heteroatoms. The van der Waals surface area contributed by atoms with Crippen molar-refractivity contribution in [3.8, 4) is 0 Å². The van der Waals surface area contributed by atoms with E-state index in [2.05, 4.69) is 26.0 Å². The molecule has 1 fully saturated rings. The van der Waals surface area contributed by atoms with Gasteiger partial charge in [-0.15, -0.1) is 0 Å². The summed E-state index contributed by atoms with van der Waals surface area (Å²) in [7, 11) is 0. The third-order valence-electron chi connectivity index (χ3n) is 4.01. The molecule has 2 aliphatic carbocycles. The van der Waals surface area contributed by atoms with Crippen LogP contribution in [0.3, 0.4) is 0 Å². The van der Waals surface area contributed by atoms with E-state index in [0.29, 0.717) is 6.04 Å². The summed E-state index contributed by atoms with van der Waals surface area (Å²) in [6.45, 7) is 4.54. The average Bonchev–Trinajstić information content (AvgIpc) is 2.61. The lowest BCUT2D eigenvalue weighted by Crippen LogP contribution is -2.21. The van der Waals surface area contributed by atoms with Crippen molar-refractivity contribution in [2.75, 3.05) is 0 Å². The van der Waals surface area contributed by atoms with Gasteiger partial charge in [0.2, 0.25) is 0 Å². The summed E-state index contributed by atoms with van der Waals surface area (Å²) in [6, 6.07) is 0.385. The first-order valence-electron chi connectivity index (χ1n) is 5.62. The van der Waals surface area contributed by atoms with E-state index in [1.165, 1.54) is 19.3 Å². The monoisotopic (exact) mass is 179 g/mol. The van der Waals surface area contributed by atoms with Crippen molar-refractivity contribution in [1.29, 1.82) is 0 Å². The Labute approximate surface area is 81.4 Å². The number of hydrogen-bond donors (Lipinski definition) is 1. The van der Waals surface area contributed by atoms with Gasteiger partial charge in [-0.05, 0) is 49.9 Å². The van der Waals surface area contributed by atoms with Crippen molar-refractivity contribution in [2.45, 2.75) is 39.2 Å². The smallest absolute Gasteiger partial charge is 0.00105 e. The molecule has 0 radical (unpaired) electrons. The molecule has 1 saturated carbocycles. The van der Waals surface area contributed by atoms with Crippen LogP contribution in [-0.2, 0) is 0 Å². The SMILES string of the molecule is CC(N)CCC1C2C=CC(C2)C1C. The van der Waals surface area contributed by atoms with Crippen molar-refractivity contribution in [2.24, 2.45) is 29.4 Å². The number of nitrogens with two attached hydrogens (primary N) is 1. The van der Waals surface area contributed by atoms with Crippen LogP contribution in [0, 0.1) is 23.7 Å². The van der Waals surface area contributed by atoms with Gasteiger partial charge in [0.25, 0.3) is 0 Å². The van der Waals surface area contributed by atoms with E-state index >= 15 is 0 Å². The van der Waals surface area contributed by atoms with E-state index in [1.807, 2.05) is 0 Å². The minimum Gasteiger partial charge on any atom is -0.328 e. The van der Waals surface area contributed by atoms with Crippen LogP contribution < -0.4 is 5.73 Å². The van der Waals surface area contributed by atoms with Crippen LogP contribution in [0.2, 0.25) is 0 Å². The summed E-state index contributed by atoms with van der Waals surface area (Å²) in [5.41, 5.74) is 5.80. The van der Waals surface area contributed by atoms with Gasteiger partial charge >= 0.3 is 0 Å². The number of allylic oxidation sites excluding steroid dienone is 2. The maximum absolute atomic E-state index is 5.80. The van der Waals surface area contributed by atoms with Gasteiger partial charge in [-0.3, -0.25) is 0 Å². The van der Waals surface area contributed by atoms with Gasteiger partial charge in [0.15, 0.2) is 0 Å². The van der Waals surface area contributed by atoms with Crippen LogP contribution in [0.25, 0.3) is 0 Å². The van der Waals surface area contributed by atoms with Gasteiger partial charge < -0.3 is 5.73 Å². The lowest BCUT2D eigenvalue weighted by Gasteiger charge is -2.25. The third kappa shape index (κ3) is 1.67. The molecule has 2 aliphatic rings. The zero-order chi connectivity index (χ0) is 9.42. The molecule has 2 N–H and O–H groups in total. The number of rotatable bonds is 3. The Bertz CT molecular complexity index is 207. The number of hydrogen-bond acceptors (Lipinski definition) is 1. The van der Waals surface area contributed by atoms with Crippen molar-refractivity contribution >= 4 is 0 Å². The second-order valence-corrected chi connectivity index (χ2v) is 5.03. The molecule has 0 heterocycles. The molecule has 0 aliphatic heterocycles. The first kappa shape index (κ1) is 9.26. The van der Waals surface area contributed by atoms with E-state index in [1.54, 1.807) is 0 Å². The standard InChI is InChI=1S/C12H21N/c1-8(13)3-6-12-9(2)10-4-5-11(12)7-10/h4-5,8-12H,3,6-7,13H2,1-2H3. The van der Waals surface area contributed by atoms with Crippen molar-refractivity contribution < 1.29 is 0 Å². The van der Waals surface area contributed by atoms with Crippen LogP contribution >= 0.6 is 0 Å². The van der Waals surface area contributed by atoms with Crippen LogP contribution in [0.5, 0.6) is 0 Å². The first-order valence-corrected chi connectivity index (χ1v) is 5.62. The zero-order valence-corrected chi connectivity index (χ0v) is 8.74. The molecule has 0 aromatic heterocycles. The minimum absolute atomic E-state index is 0.385. The molecule has 0 spiro atoms. The van der Waals surface area contributed by atoms with Crippen molar-refractivity contribution in [3.05, 3.63) is 12.2 Å². The molecule has 1 nitrogen and oxygen atoms in total. The maximum atomic E-state index is 5.80. The fraction of sp³-hybridized carbons (Fsp3) is 0.833. The van der Waals surface area contributed by atoms with E-state index in [-0.39, 0.29) is 0 Å². The Morgan fingerprint density at radius 1 is 1.38 bits per heavy atom. The van der Waals surface area contributed by atoms with E-state index < -0.39 is 0 Å². The zero-order valence-electron chi connectivity index (χ0n) is 8.74. The van der Waals surface area contributed by atoms with Crippen LogP contribution in [0.1, 0.15) is 33.1 Å². The predicted molar refractivity (Wildman–Crippen MR) is 56.3 cm³/mol. The highest BCUT2D eigenvalue weighted by Crippen LogP contribution is 2.49. The lowest BCUT2D eigenvalue weighted by atomic mass is 9.81. The van der Waals surface area contributed by atoms with Crippen molar-refractivity contribution in [3.63, 3.8) is 0 Å². The highest BCUT2D eigenvalue weighted by Gasteiger charge is 2.41. The van der Waals surface area contributed by atoms with E-state index in [9.17, 15) is 0 Å². The lowest BCUT2D eigenvalue weighted by molar-refractivity contribution is 0.301. The molecule has 0 aromatic carbocycles. The maximum Gasteiger partial charge on any atom is 0.00105 e. The second kappa shape index (κ2) is 3.45. The third-order valence-corrected chi connectivity index (χ3v) is 4.01. The molecule has 5 unspecified atom stereocenters. The Kier molecular flexibility index (Phi) is 2.46. The summed E-state index contributed by atoms with van der Waals surface area (Å²) in [5, 5.41) is 0. The van der Waals surface area contributed by atoms with E-state index in [0.717, 1.165) is 23.7 Å². The van der Waals surface area contributed by atoms with Gasteiger partial charge in [-0.1, -0.05) is 19.1 Å². The molecular formula is C12H21N. The highest BCUT2D eigenvalue weighted by molar-refractivity contribution is 5.12. The summed E-state index contributed by atoms with van der Waals surface area (Å²) in [5.74, 6) is 3.62. The summed E-state index contributed by atoms with van der Waals surface area (Å²) in [6.07, 6.45) is 8.83. The summed E-state index contributed by atoms with van der Waals surface area (Å²) >= 11 is 0. The molecule has 2 rings (SSSR count). The summed E-state index contributed by atoms with van der Waals surface area (Å²) in [4.78, 5) is 0. The van der Waals surface area contributed by atoms with E-state index in [4.69, 9.17) is 5.73 Å². The quantitative estimate of drug-likeness (QED) is 0.662. The Hall–Kier alpha value is -0.300. The van der Waals surface area contributed by atoms with Crippen molar-refractivity contribution in [1.82, 2.24) is 0 Å². The van der Waals surface area contributed by atoms with Gasteiger partial charge in [0, 0.05) is 6.04 Å². The molecule has 13 heavy (non-hydrogen) atoms.